The summed E-state index contributed by atoms with van der Waals surface area (Å²) in [5.41, 5.74) is 1.94. The quantitative estimate of drug-likeness (QED) is 0.470. The summed E-state index contributed by atoms with van der Waals surface area (Å²) < 4.78 is 5.47. The molecule has 0 radical (unpaired) electrons. The first-order valence-corrected chi connectivity index (χ1v) is 12.4. The van der Waals surface area contributed by atoms with Crippen molar-refractivity contribution in [2.75, 3.05) is 40.3 Å². The smallest absolute Gasteiger partial charge is 0.254 e. The third-order valence-corrected chi connectivity index (χ3v) is 6.72. The molecule has 35 heavy (non-hydrogen) atoms. The monoisotopic (exact) mass is 473 g/mol. The number of benzene rings is 3. The molecule has 1 unspecified atom stereocenters. The Bertz CT molecular complexity index is 1150. The highest BCUT2D eigenvalue weighted by atomic mass is 16.5. The zero-order valence-corrected chi connectivity index (χ0v) is 20.7. The van der Waals surface area contributed by atoms with E-state index in [-0.39, 0.29) is 17.7 Å². The van der Waals surface area contributed by atoms with Crippen molar-refractivity contribution in [1.82, 2.24) is 15.1 Å². The van der Waals surface area contributed by atoms with Crippen LogP contribution in [0.2, 0.25) is 0 Å². The third kappa shape index (κ3) is 6.20. The van der Waals surface area contributed by atoms with Crippen LogP contribution in [-0.4, -0.2) is 62.0 Å². The maximum Gasteiger partial charge on any atom is 0.254 e. The number of piperidine rings is 1. The van der Waals surface area contributed by atoms with Gasteiger partial charge >= 0.3 is 0 Å². The number of ether oxygens (including phenoxy) is 1. The molecule has 184 valence electrons. The molecule has 1 heterocycles. The Morgan fingerprint density at radius 3 is 2.54 bits per heavy atom. The Morgan fingerprint density at radius 1 is 1.03 bits per heavy atom. The van der Waals surface area contributed by atoms with Gasteiger partial charge in [0.1, 0.15) is 5.75 Å². The summed E-state index contributed by atoms with van der Waals surface area (Å²) in [5, 5.41) is 4.89. The topological polar surface area (TPSA) is 61.9 Å². The molecule has 2 amide bonds. The Morgan fingerprint density at radius 2 is 1.77 bits per heavy atom. The maximum absolute atomic E-state index is 13.4. The van der Waals surface area contributed by atoms with Crippen molar-refractivity contribution in [3.8, 4) is 5.75 Å². The molecule has 0 aromatic heterocycles. The minimum atomic E-state index is -0.167. The lowest BCUT2D eigenvalue weighted by Gasteiger charge is -2.32. The summed E-state index contributed by atoms with van der Waals surface area (Å²) >= 11 is 0. The van der Waals surface area contributed by atoms with Crippen LogP contribution in [0.4, 0.5) is 0 Å². The van der Waals surface area contributed by atoms with E-state index in [1.807, 2.05) is 47.4 Å². The molecule has 3 aromatic rings. The van der Waals surface area contributed by atoms with Gasteiger partial charge in [-0.3, -0.25) is 9.59 Å². The molecule has 0 spiro atoms. The van der Waals surface area contributed by atoms with E-state index in [1.165, 1.54) is 5.56 Å². The van der Waals surface area contributed by atoms with Gasteiger partial charge in [0, 0.05) is 37.1 Å². The predicted molar refractivity (Wildman–Crippen MR) is 140 cm³/mol. The van der Waals surface area contributed by atoms with E-state index in [0.717, 1.165) is 48.9 Å². The second kappa shape index (κ2) is 11.8. The summed E-state index contributed by atoms with van der Waals surface area (Å²) in [6, 6.07) is 21.9. The van der Waals surface area contributed by atoms with Gasteiger partial charge in [0.05, 0.1) is 13.0 Å². The molecule has 1 aliphatic rings. The number of fused-ring (bicyclic) bond motifs is 1. The molecular formula is C29H35N3O3. The molecular weight excluding hydrogens is 438 g/mol. The van der Waals surface area contributed by atoms with Crippen LogP contribution in [-0.2, 0) is 11.3 Å². The summed E-state index contributed by atoms with van der Waals surface area (Å²) in [6.45, 7) is 3.58. The average molecular weight is 474 g/mol. The highest BCUT2D eigenvalue weighted by molar-refractivity contribution is 6.08. The molecule has 0 aliphatic carbocycles. The van der Waals surface area contributed by atoms with Crippen LogP contribution in [0.25, 0.3) is 10.8 Å². The first-order chi connectivity index (χ1) is 17.1. The molecule has 0 bridgehead atoms. The van der Waals surface area contributed by atoms with Crippen LogP contribution in [0, 0.1) is 5.92 Å². The molecule has 1 atom stereocenters. The maximum atomic E-state index is 13.4. The van der Waals surface area contributed by atoms with Crippen molar-refractivity contribution in [2.45, 2.75) is 25.8 Å². The van der Waals surface area contributed by atoms with Crippen LogP contribution in [0.1, 0.15) is 35.2 Å². The molecule has 1 saturated heterocycles. The van der Waals surface area contributed by atoms with Gasteiger partial charge in [-0.2, -0.15) is 0 Å². The van der Waals surface area contributed by atoms with Gasteiger partial charge in [0.25, 0.3) is 5.91 Å². The molecule has 3 aromatic carbocycles. The van der Waals surface area contributed by atoms with Crippen LogP contribution >= 0.6 is 0 Å². The number of carbonyl (C=O) groups excluding carboxylic acids is 2. The number of likely N-dealkylation sites (tertiary alicyclic amines) is 1. The van der Waals surface area contributed by atoms with Gasteiger partial charge < -0.3 is 19.9 Å². The first-order valence-electron chi connectivity index (χ1n) is 12.4. The van der Waals surface area contributed by atoms with Crippen molar-refractivity contribution in [3.05, 3.63) is 77.9 Å². The zero-order valence-electron chi connectivity index (χ0n) is 20.7. The standard InChI is InChI=1S/C29H35N3O3/c1-31(20-22-10-4-3-5-11-22)18-9-17-30-28(33)23-12-8-19-32(21-23)29(34)26-15-16-27(35-2)25-14-7-6-13-24(25)26/h3-7,10-11,13-16,23H,8-9,12,17-21H2,1-2H3,(H,30,33). The SMILES string of the molecule is COc1ccc(C(=O)N2CCCC(C(=O)NCCCN(C)Cc3ccccc3)C2)c2ccccc12. The number of carbonyl (C=O) groups is 2. The summed E-state index contributed by atoms with van der Waals surface area (Å²) in [7, 11) is 3.74. The van der Waals surface area contributed by atoms with Crippen molar-refractivity contribution >= 4 is 22.6 Å². The second-order valence-electron chi connectivity index (χ2n) is 9.32. The van der Waals surface area contributed by atoms with Crippen LogP contribution in [0.3, 0.4) is 0 Å². The van der Waals surface area contributed by atoms with Crippen LogP contribution in [0.5, 0.6) is 5.75 Å². The summed E-state index contributed by atoms with van der Waals surface area (Å²) in [4.78, 5) is 30.4. The Kier molecular flexibility index (Phi) is 8.37. The Balaban J connectivity index is 1.29. The number of rotatable bonds is 9. The molecule has 6 nitrogen and oxygen atoms in total. The minimum Gasteiger partial charge on any atom is -0.496 e. The molecule has 1 N–H and O–H groups in total. The van der Waals surface area contributed by atoms with E-state index in [2.05, 4.69) is 41.5 Å². The van der Waals surface area contributed by atoms with Gasteiger partial charge in [0.15, 0.2) is 0 Å². The van der Waals surface area contributed by atoms with Gasteiger partial charge in [-0.1, -0.05) is 54.6 Å². The fraction of sp³-hybridized carbons (Fsp3) is 0.379. The molecule has 4 rings (SSSR count). The van der Waals surface area contributed by atoms with Gasteiger partial charge in [-0.15, -0.1) is 0 Å². The molecule has 0 saturated carbocycles. The van der Waals surface area contributed by atoms with Crippen molar-refractivity contribution in [2.24, 2.45) is 5.92 Å². The van der Waals surface area contributed by atoms with Crippen LogP contribution in [0.15, 0.2) is 66.7 Å². The molecule has 1 fully saturated rings. The Hall–Kier alpha value is -3.38. The predicted octanol–water partition coefficient (Wildman–Crippen LogP) is 4.34. The highest BCUT2D eigenvalue weighted by Crippen LogP contribution is 2.30. The van der Waals surface area contributed by atoms with Crippen LogP contribution < -0.4 is 10.1 Å². The normalized spacial score (nSPS) is 15.9. The molecule has 1 aliphatic heterocycles. The lowest BCUT2D eigenvalue weighted by molar-refractivity contribution is -0.126. The number of amides is 2. The number of hydrogen-bond donors (Lipinski definition) is 1. The minimum absolute atomic E-state index is 0.0242. The molecule has 6 heteroatoms. The lowest BCUT2D eigenvalue weighted by Crippen LogP contribution is -2.45. The van der Waals surface area contributed by atoms with E-state index in [1.54, 1.807) is 7.11 Å². The number of hydrogen-bond acceptors (Lipinski definition) is 4. The van der Waals surface area contributed by atoms with E-state index < -0.39 is 0 Å². The van der Waals surface area contributed by atoms with E-state index in [0.29, 0.717) is 25.2 Å². The highest BCUT2D eigenvalue weighted by Gasteiger charge is 2.29. The number of nitrogens with zero attached hydrogens (tertiary/aromatic N) is 2. The fourth-order valence-corrected chi connectivity index (χ4v) is 4.86. The summed E-state index contributed by atoms with van der Waals surface area (Å²) in [6.07, 6.45) is 2.53. The Labute approximate surface area is 207 Å². The average Bonchev–Trinajstić information content (AvgIpc) is 2.90. The summed E-state index contributed by atoms with van der Waals surface area (Å²) in [5.74, 6) is 0.610. The lowest BCUT2D eigenvalue weighted by atomic mass is 9.95. The van der Waals surface area contributed by atoms with Gasteiger partial charge in [0.2, 0.25) is 5.91 Å². The fourth-order valence-electron chi connectivity index (χ4n) is 4.86. The van der Waals surface area contributed by atoms with Gasteiger partial charge in [-0.25, -0.2) is 0 Å². The number of nitrogens with one attached hydrogen (secondary N) is 1. The van der Waals surface area contributed by atoms with E-state index >= 15 is 0 Å². The van der Waals surface area contributed by atoms with E-state index in [4.69, 9.17) is 4.74 Å². The largest absolute Gasteiger partial charge is 0.496 e. The first kappa shape index (κ1) is 24.7. The van der Waals surface area contributed by atoms with E-state index in [9.17, 15) is 9.59 Å². The van der Waals surface area contributed by atoms with Gasteiger partial charge in [-0.05, 0) is 55.9 Å². The van der Waals surface area contributed by atoms with Crippen molar-refractivity contribution < 1.29 is 14.3 Å². The van der Waals surface area contributed by atoms with Crippen molar-refractivity contribution in [3.63, 3.8) is 0 Å². The third-order valence-electron chi connectivity index (χ3n) is 6.72. The zero-order chi connectivity index (χ0) is 24.6. The van der Waals surface area contributed by atoms with Crippen molar-refractivity contribution in [1.29, 1.82) is 0 Å². The number of methoxy groups -OCH3 is 1. The second-order valence-corrected chi connectivity index (χ2v) is 9.32.